The second-order valence-electron chi connectivity index (χ2n) is 6.52. The largest absolute Gasteiger partial charge is 0.507 e. The monoisotopic (exact) mass is 457 g/mol. The first-order valence-electron chi connectivity index (χ1n) is 7.55. The first kappa shape index (κ1) is 16.1. The van der Waals surface area contributed by atoms with Crippen LogP contribution in [0, 0.1) is 23.7 Å². The third-order valence-electron chi connectivity index (χ3n) is 5.46. The number of anilines is 1. The van der Waals surface area contributed by atoms with Crippen LogP contribution in [0.5, 0.6) is 5.75 Å². The van der Waals surface area contributed by atoms with Gasteiger partial charge in [0.25, 0.3) is 0 Å². The molecule has 2 bridgehead atoms. The Morgan fingerprint density at radius 3 is 2.08 bits per heavy atom. The molecule has 1 saturated heterocycles. The van der Waals surface area contributed by atoms with Gasteiger partial charge in [-0.05, 0) is 30.4 Å². The van der Waals surface area contributed by atoms with Gasteiger partial charge in [0.15, 0.2) is 0 Å². The molecule has 0 radical (unpaired) electrons. The maximum atomic E-state index is 12.8. The Morgan fingerprint density at radius 2 is 1.62 bits per heavy atom. The molecule has 3 aliphatic rings. The summed E-state index contributed by atoms with van der Waals surface area (Å²) >= 11 is 7.25. The molecule has 2 saturated carbocycles. The predicted octanol–water partition coefficient (Wildman–Crippen LogP) is 2.37. The van der Waals surface area contributed by atoms with Crippen molar-refractivity contribution in [3.63, 3.8) is 0 Å². The number of amides is 2. The second-order valence-corrected chi connectivity index (χ2v) is 8.64. The number of phenols is 1. The minimum Gasteiger partial charge on any atom is -0.507 e. The van der Waals surface area contributed by atoms with Crippen LogP contribution in [0.3, 0.4) is 0 Å². The number of halogens is 2. The van der Waals surface area contributed by atoms with Crippen molar-refractivity contribution >= 4 is 55.3 Å². The lowest BCUT2D eigenvalue weighted by atomic mass is 9.81. The van der Waals surface area contributed by atoms with Gasteiger partial charge in [-0.2, -0.15) is 0 Å². The molecule has 6 unspecified atom stereocenters. The van der Waals surface area contributed by atoms with Crippen LogP contribution in [0.4, 0.5) is 5.69 Å². The maximum Gasteiger partial charge on any atom is 0.339 e. The molecule has 1 heterocycles. The molecule has 6 atom stereocenters. The molecule has 0 spiro atoms. The number of hydrogen-bond acceptors (Lipinski definition) is 4. The molecule has 4 rings (SSSR count). The molecule has 1 aromatic carbocycles. The van der Waals surface area contributed by atoms with Gasteiger partial charge < -0.3 is 10.2 Å². The summed E-state index contributed by atoms with van der Waals surface area (Å²) in [5.41, 5.74) is -0.0438. The summed E-state index contributed by atoms with van der Waals surface area (Å²) in [6.45, 7) is 0. The van der Waals surface area contributed by atoms with Gasteiger partial charge >= 0.3 is 5.97 Å². The quantitative estimate of drug-likeness (QED) is 0.524. The van der Waals surface area contributed by atoms with E-state index in [4.69, 9.17) is 5.11 Å². The van der Waals surface area contributed by atoms with Crippen molar-refractivity contribution in [2.45, 2.75) is 16.1 Å². The van der Waals surface area contributed by atoms with E-state index in [9.17, 15) is 19.5 Å². The summed E-state index contributed by atoms with van der Waals surface area (Å²) in [6.07, 6.45) is 0.843. The smallest absolute Gasteiger partial charge is 0.339 e. The summed E-state index contributed by atoms with van der Waals surface area (Å²) in [6, 6.07) is 3.76. The van der Waals surface area contributed by atoms with Gasteiger partial charge in [-0.25, -0.2) is 9.69 Å². The molecule has 126 valence electrons. The highest BCUT2D eigenvalue weighted by Crippen LogP contribution is 2.60. The molecule has 0 aromatic heterocycles. The van der Waals surface area contributed by atoms with Crippen molar-refractivity contribution in [1.82, 2.24) is 0 Å². The molecule has 1 aliphatic heterocycles. The number of aromatic carboxylic acids is 1. The minimum atomic E-state index is -1.27. The third kappa shape index (κ3) is 1.95. The van der Waals surface area contributed by atoms with Crippen molar-refractivity contribution in [2.24, 2.45) is 23.7 Å². The average Bonchev–Trinajstić information content (AvgIpc) is 3.12. The lowest BCUT2D eigenvalue weighted by molar-refractivity contribution is -0.123. The molecule has 1 aromatic rings. The lowest BCUT2D eigenvalue weighted by Crippen LogP contribution is -2.37. The second kappa shape index (κ2) is 5.29. The van der Waals surface area contributed by atoms with Crippen LogP contribution < -0.4 is 4.90 Å². The summed E-state index contributed by atoms with van der Waals surface area (Å²) < 4.78 is 0. The topological polar surface area (TPSA) is 94.9 Å². The molecular formula is C16H13Br2NO5. The molecule has 2 amide bonds. The molecule has 2 aliphatic carbocycles. The van der Waals surface area contributed by atoms with Crippen molar-refractivity contribution in [3.05, 3.63) is 23.8 Å². The Labute approximate surface area is 154 Å². The fourth-order valence-corrected chi connectivity index (χ4v) is 6.32. The van der Waals surface area contributed by atoms with Crippen LogP contribution in [0.15, 0.2) is 18.2 Å². The number of aromatic hydroxyl groups is 1. The van der Waals surface area contributed by atoms with Gasteiger partial charge in [0.2, 0.25) is 11.8 Å². The predicted molar refractivity (Wildman–Crippen MR) is 91.6 cm³/mol. The summed E-state index contributed by atoms with van der Waals surface area (Å²) in [5.74, 6) is -2.72. The van der Waals surface area contributed by atoms with E-state index in [1.807, 2.05) is 0 Å². The van der Waals surface area contributed by atoms with E-state index in [1.54, 1.807) is 0 Å². The Morgan fingerprint density at radius 1 is 1.08 bits per heavy atom. The third-order valence-corrected chi connectivity index (χ3v) is 8.66. The number of carbonyl (C=O) groups is 3. The number of nitrogens with zero attached hydrogens (tertiary/aromatic N) is 1. The molecule has 8 heteroatoms. The van der Waals surface area contributed by atoms with Crippen LogP contribution >= 0.6 is 31.9 Å². The maximum absolute atomic E-state index is 12.8. The number of rotatable bonds is 2. The van der Waals surface area contributed by atoms with Gasteiger partial charge in [-0.15, -0.1) is 0 Å². The Bertz CT molecular complexity index is 750. The number of carboxylic acid groups (broad SMARTS) is 1. The first-order chi connectivity index (χ1) is 11.3. The molecule has 2 N–H and O–H groups in total. The van der Waals surface area contributed by atoms with Crippen molar-refractivity contribution in [1.29, 1.82) is 0 Å². The SMILES string of the molecule is O=C(O)c1ccc(N2C(=O)C3C4CC(C(Br)C4Br)C3C2=O)cc1O. The van der Waals surface area contributed by atoms with Crippen molar-refractivity contribution in [2.75, 3.05) is 4.90 Å². The fourth-order valence-electron chi connectivity index (χ4n) is 4.44. The van der Waals surface area contributed by atoms with Gasteiger partial charge in [0.1, 0.15) is 11.3 Å². The summed E-state index contributed by atoms with van der Waals surface area (Å²) in [4.78, 5) is 38.1. The van der Waals surface area contributed by atoms with Crippen LogP contribution in [0.25, 0.3) is 0 Å². The van der Waals surface area contributed by atoms with E-state index in [2.05, 4.69) is 31.9 Å². The van der Waals surface area contributed by atoms with Crippen LogP contribution in [0.1, 0.15) is 16.8 Å². The zero-order chi connectivity index (χ0) is 17.3. The number of imide groups is 1. The van der Waals surface area contributed by atoms with Gasteiger partial charge in [-0.1, -0.05) is 31.9 Å². The first-order valence-corrected chi connectivity index (χ1v) is 9.38. The zero-order valence-electron chi connectivity index (χ0n) is 12.2. The average molecular weight is 459 g/mol. The Balaban J connectivity index is 1.72. The van der Waals surface area contributed by atoms with E-state index in [0.29, 0.717) is 0 Å². The summed E-state index contributed by atoms with van der Waals surface area (Å²) in [7, 11) is 0. The van der Waals surface area contributed by atoms with Crippen LogP contribution in [-0.4, -0.2) is 37.7 Å². The standard InChI is InChI=1S/C16H13Br2NO5/c17-12-7-4-8(13(12)18)11-10(7)14(21)19(15(11)22)5-1-2-6(16(23)24)9(20)3-5/h1-3,7-8,10-13,20H,4H2,(H,23,24). The number of benzene rings is 1. The van der Waals surface area contributed by atoms with Crippen molar-refractivity contribution < 1.29 is 24.6 Å². The lowest BCUT2D eigenvalue weighted by Gasteiger charge is -2.28. The Hall–Kier alpha value is -1.41. The van der Waals surface area contributed by atoms with Gasteiger partial charge in [-0.3, -0.25) is 9.59 Å². The minimum absolute atomic E-state index is 0.109. The van der Waals surface area contributed by atoms with Crippen LogP contribution in [-0.2, 0) is 9.59 Å². The molecular weight excluding hydrogens is 446 g/mol. The molecule has 3 fully saturated rings. The fraction of sp³-hybridized carbons (Fsp3) is 0.438. The number of fused-ring (bicyclic) bond motifs is 5. The highest BCUT2D eigenvalue weighted by molar-refractivity contribution is 9.12. The van der Waals surface area contributed by atoms with Crippen molar-refractivity contribution in [3.8, 4) is 5.75 Å². The highest BCUT2D eigenvalue weighted by atomic mass is 79.9. The van der Waals surface area contributed by atoms with Gasteiger partial charge in [0, 0.05) is 15.7 Å². The molecule has 24 heavy (non-hydrogen) atoms. The molecule has 6 nitrogen and oxygen atoms in total. The van der Waals surface area contributed by atoms with Crippen LogP contribution in [0.2, 0.25) is 0 Å². The number of alkyl halides is 2. The Kier molecular flexibility index (Phi) is 3.55. The van der Waals surface area contributed by atoms with E-state index in [0.717, 1.165) is 11.3 Å². The van der Waals surface area contributed by atoms with E-state index < -0.39 is 11.7 Å². The van der Waals surface area contributed by atoms with E-state index >= 15 is 0 Å². The number of carbonyl (C=O) groups excluding carboxylic acids is 2. The number of carboxylic acids is 1. The summed E-state index contributed by atoms with van der Waals surface area (Å²) in [5, 5.41) is 18.8. The van der Waals surface area contributed by atoms with Gasteiger partial charge in [0.05, 0.1) is 17.5 Å². The number of hydrogen-bond donors (Lipinski definition) is 2. The normalized spacial score (nSPS) is 37.2. The van der Waals surface area contributed by atoms with E-state index in [-0.39, 0.29) is 56.4 Å². The van der Waals surface area contributed by atoms with E-state index in [1.165, 1.54) is 18.2 Å². The zero-order valence-corrected chi connectivity index (χ0v) is 15.4. The highest BCUT2D eigenvalue weighted by Gasteiger charge is 2.66.